The van der Waals surface area contributed by atoms with Gasteiger partial charge < -0.3 is 19.5 Å². The van der Waals surface area contributed by atoms with Gasteiger partial charge in [-0.3, -0.25) is 14.5 Å². The van der Waals surface area contributed by atoms with Crippen molar-refractivity contribution in [2.45, 2.75) is 84.3 Å². The third-order valence-corrected chi connectivity index (χ3v) is 6.39. The van der Waals surface area contributed by atoms with E-state index in [1.807, 2.05) is 6.92 Å². The lowest BCUT2D eigenvalue weighted by atomic mass is 10.1. The minimum absolute atomic E-state index is 0.0837. The molecular formula is C27H42N2O5. The summed E-state index contributed by atoms with van der Waals surface area (Å²) in [5.41, 5.74) is 2.35. The van der Waals surface area contributed by atoms with Crippen molar-refractivity contribution in [2.24, 2.45) is 5.92 Å². The molecular weight excluding hydrogens is 432 g/mol. The number of carbonyl (C=O) groups is 2. The van der Waals surface area contributed by atoms with Crippen molar-refractivity contribution in [1.82, 2.24) is 10.2 Å². The minimum Gasteiger partial charge on any atom is -0.461 e. The molecule has 1 aromatic carbocycles. The standard InChI is InChI=1S/C27H42N2O5/c1-20(2)18-32-21(3)33-19-24(30)13-12-22-8-10-23(11-9-22)16-29-15-14-28-26(17-29)27(31)34-25-6-4-5-7-25/h8-11,20-21,25-26,28H,4-7,12-19H2,1-3H3. The average Bonchev–Trinajstić information content (AvgIpc) is 3.34. The minimum atomic E-state index is -0.361. The third-order valence-electron chi connectivity index (χ3n) is 6.39. The van der Waals surface area contributed by atoms with Crippen LogP contribution in [0.5, 0.6) is 0 Å². The van der Waals surface area contributed by atoms with Crippen LogP contribution < -0.4 is 5.32 Å². The number of piperazine rings is 1. The van der Waals surface area contributed by atoms with Crippen LogP contribution in [0.2, 0.25) is 0 Å². The molecule has 2 aliphatic rings. The molecule has 2 fully saturated rings. The van der Waals surface area contributed by atoms with E-state index in [4.69, 9.17) is 14.2 Å². The number of benzene rings is 1. The summed E-state index contributed by atoms with van der Waals surface area (Å²) in [6.45, 7) is 9.86. The normalized spacial score (nSPS) is 20.5. The van der Waals surface area contributed by atoms with Crippen LogP contribution in [0.3, 0.4) is 0 Å². The SMILES string of the molecule is CC(C)COC(C)OCC(=O)CCc1ccc(CN2CCNC(C(=O)OC3CCCC3)C2)cc1. The number of hydrogen-bond acceptors (Lipinski definition) is 7. The Hall–Kier alpha value is -1.80. The van der Waals surface area contributed by atoms with E-state index in [1.54, 1.807) is 0 Å². The van der Waals surface area contributed by atoms with E-state index >= 15 is 0 Å². The first-order valence-electron chi connectivity index (χ1n) is 12.9. The number of Topliss-reactive ketones (excluding diaryl/α,β-unsaturated/α-hetero) is 1. The lowest BCUT2D eigenvalue weighted by Gasteiger charge is -2.33. The van der Waals surface area contributed by atoms with Crippen molar-refractivity contribution in [2.75, 3.05) is 32.8 Å². The van der Waals surface area contributed by atoms with Gasteiger partial charge in [-0.05, 0) is 56.1 Å². The van der Waals surface area contributed by atoms with Crippen molar-refractivity contribution < 1.29 is 23.8 Å². The summed E-state index contributed by atoms with van der Waals surface area (Å²) in [4.78, 5) is 27.0. The predicted octanol–water partition coefficient (Wildman–Crippen LogP) is 3.48. The second kappa shape index (κ2) is 13.9. The lowest BCUT2D eigenvalue weighted by molar-refractivity contribution is -0.152. The summed E-state index contributed by atoms with van der Waals surface area (Å²) < 4.78 is 16.7. The van der Waals surface area contributed by atoms with Gasteiger partial charge in [0, 0.05) is 32.6 Å². The monoisotopic (exact) mass is 474 g/mol. The van der Waals surface area contributed by atoms with Gasteiger partial charge >= 0.3 is 5.97 Å². The molecule has 1 aromatic rings. The van der Waals surface area contributed by atoms with E-state index in [0.717, 1.165) is 50.9 Å². The Balaban J connectivity index is 1.36. The van der Waals surface area contributed by atoms with E-state index < -0.39 is 0 Å². The van der Waals surface area contributed by atoms with Crippen molar-refractivity contribution in [1.29, 1.82) is 0 Å². The number of nitrogens with zero attached hydrogens (tertiary/aromatic N) is 1. The van der Waals surface area contributed by atoms with Crippen LogP contribution in [0.15, 0.2) is 24.3 Å². The summed E-state index contributed by atoms with van der Waals surface area (Å²) in [7, 11) is 0. The second-order valence-electron chi connectivity index (χ2n) is 10.0. The van der Waals surface area contributed by atoms with Gasteiger partial charge in [0.05, 0.1) is 6.61 Å². The Kier molecular flexibility index (Phi) is 11.0. The summed E-state index contributed by atoms with van der Waals surface area (Å²) in [5, 5.41) is 3.31. The molecule has 2 atom stereocenters. The molecule has 0 spiro atoms. The first-order chi connectivity index (χ1) is 16.4. The number of nitrogens with one attached hydrogen (secondary N) is 1. The molecule has 3 rings (SSSR count). The summed E-state index contributed by atoms with van der Waals surface area (Å²) >= 11 is 0. The molecule has 0 aromatic heterocycles. The first-order valence-corrected chi connectivity index (χ1v) is 12.9. The summed E-state index contributed by atoms with van der Waals surface area (Å²) in [6.07, 6.45) is 5.22. The second-order valence-corrected chi connectivity index (χ2v) is 10.0. The highest BCUT2D eigenvalue weighted by Gasteiger charge is 2.29. The number of aryl methyl sites for hydroxylation is 1. The smallest absolute Gasteiger partial charge is 0.324 e. The first kappa shape index (κ1) is 26.8. The van der Waals surface area contributed by atoms with Crippen molar-refractivity contribution in [3.8, 4) is 0 Å². The van der Waals surface area contributed by atoms with Crippen LogP contribution in [0.1, 0.15) is 64.0 Å². The van der Waals surface area contributed by atoms with Crippen molar-refractivity contribution in [3.63, 3.8) is 0 Å². The van der Waals surface area contributed by atoms with Crippen molar-refractivity contribution in [3.05, 3.63) is 35.4 Å². The fraction of sp³-hybridized carbons (Fsp3) is 0.704. The van der Waals surface area contributed by atoms with Gasteiger partial charge in [0.25, 0.3) is 0 Å². The fourth-order valence-electron chi connectivity index (χ4n) is 4.38. The van der Waals surface area contributed by atoms with Gasteiger partial charge in [-0.25, -0.2) is 0 Å². The molecule has 1 saturated carbocycles. The fourth-order valence-corrected chi connectivity index (χ4v) is 4.38. The maximum absolute atomic E-state index is 12.5. The molecule has 0 radical (unpaired) electrons. The van der Waals surface area contributed by atoms with E-state index in [2.05, 4.69) is 48.3 Å². The van der Waals surface area contributed by atoms with Crippen LogP contribution in [0, 0.1) is 5.92 Å². The van der Waals surface area contributed by atoms with Gasteiger partial charge in [0.1, 0.15) is 18.8 Å². The Morgan fingerprint density at radius 2 is 1.76 bits per heavy atom. The summed E-state index contributed by atoms with van der Waals surface area (Å²) in [6, 6.07) is 8.16. The number of esters is 1. The third kappa shape index (κ3) is 9.45. The van der Waals surface area contributed by atoms with E-state index in [1.165, 1.54) is 5.56 Å². The highest BCUT2D eigenvalue weighted by molar-refractivity contribution is 5.79. The van der Waals surface area contributed by atoms with E-state index in [9.17, 15) is 9.59 Å². The van der Waals surface area contributed by atoms with Crippen LogP contribution in [-0.4, -0.2) is 67.9 Å². The molecule has 0 bridgehead atoms. The van der Waals surface area contributed by atoms with Gasteiger partial charge in [0.15, 0.2) is 12.1 Å². The van der Waals surface area contributed by atoms with Gasteiger partial charge in [-0.1, -0.05) is 38.1 Å². The molecule has 7 heteroatoms. The zero-order valence-electron chi connectivity index (χ0n) is 21.1. The molecule has 1 aliphatic carbocycles. The summed E-state index contributed by atoms with van der Waals surface area (Å²) in [5.74, 6) is 0.415. The maximum atomic E-state index is 12.5. The molecule has 7 nitrogen and oxygen atoms in total. The molecule has 1 N–H and O–H groups in total. The molecule has 190 valence electrons. The predicted molar refractivity (Wildman–Crippen MR) is 131 cm³/mol. The zero-order valence-corrected chi connectivity index (χ0v) is 21.1. The van der Waals surface area contributed by atoms with Gasteiger partial charge in [0.2, 0.25) is 0 Å². The van der Waals surface area contributed by atoms with Gasteiger partial charge in [-0.15, -0.1) is 0 Å². The largest absolute Gasteiger partial charge is 0.461 e. The topological polar surface area (TPSA) is 77.1 Å². The Bertz CT molecular complexity index is 761. The molecule has 2 unspecified atom stereocenters. The highest BCUT2D eigenvalue weighted by Crippen LogP contribution is 2.22. The average molecular weight is 475 g/mol. The van der Waals surface area contributed by atoms with Crippen LogP contribution in [0.25, 0.3) is 0 Å². The molecule has 1 heterocycles. The van der Waals surface area contributed by atoms with Crippen LogP contribution in [0.4, 0.5) is 0 Å². The van der Waals surface area contributed by atoms with Gasteiger partial charge in [-0.2, -0.15) is 0 Å². The number of hydrogen-bond donors (Lipinski definition) is 1. The zero-order chi connectivity index (χ0) is 24.3. The molecule has 34 heavy (non-hydrogen) atoms. The lowest BCUT2D eigenvalue weighted by Crippen LogP contribution is -2.54. The maximum Gasteiger partial charge on any atom is 0.324 e. The number of rotatable bonds is 13. The molecule has 1 aliphatic heterocycles. The Morgan fingerprint density at radius 3 is 2.47 bits per heavy atom. The van der Waals surface area contributed by atoms with Crippen LogP contribution in [-0.2, 0) is 36.8 Å². The molecule has 1 saturated heterocycles. The number of carbonyl (C=O) groups excluding carboxylic acids is 2. The molecule has 0 amide bonds. The number of ketones is 1. The number of ether oxygens (including phenoxy) is 3. The van der Waals surface area contributed by atoms with Crippen LogP contribution >= 0.6 is 0 Å². The highest BCUT2D eigenvalue weighted by atomic mass is 16.7. The quantitative estimate of drug-likeness (QED) is 0.346. The Labute approximate surface area is 204 Å². The Morgan fingerprint density at radius 1 is 1.06 bits per heavy atom. The van der Waals surface area contributed by atoms with E-state index in [0.29, 0.717) is 31.9 Å². The van der Waals surface area contributed by atoms with Crippen molar-refractivity contribution >= 4 is 11.8 Å². The van der Waals surface area contributed by atoms with E-state index in [-0.39, 0.29) is 36.8 Å².